The molecule has 2 amide bonds. The van der Waals surface area contributed by atoms with Crippen LogP contribution in [0.1, 0.15) is 49.8 Å². The largest absolute Gasteiger partial charge is 0.465 e. The number of benzene rings is 1. The van der Waals surface area contributed by atoms with Crippen molar-refractivity contribution in [2.75, 3.05) is 25.5 Å². The number of methoxy groups -OCH3 is 1. The van der Waals surface area contributed by atoms with Gasteiger partial charge in [-0.1, -0.05) is 0 Å². The predicted octanol–water partition coefficient (Wildman–Crippen LogP) is 3.49. The third kappa shape index (κ3) is 4.60. The van der Waals surface area contributed by atoms with Crippen molar-refractivity contribution in [3.05, 3.63) is 55.9 Å². The van der Waals surface area contributed by atoms with Crippen molar-refractivity contribution in [3.8, 4) is 0 Å². The molecular formula is C19H21N3O6S. The summed E-state index contributed by atoms with van der Waals surface area (Å²) in [6.07, 6.45) is 0. The van der Waals surface area contributed by atoms with Crippen LogP contribution in [0.15, 0.2) is 24.3 Å². The van der Waals surface area contributed by atoms with Crippen LogP contribution in [-0.4, -0.2) is 47.8 Å². The number of nitro groups is 1. The number of nitrogens with zero attached hydrogens (tertiary/aromatic N) is 2. The number of amides is 2. The number of hydrogen-bond donors (Lipinski definition) is 1. The summed E-state index contributed by atoms with van der Waals surface area (Å²) in [4.78, 5) is 49.8. The predicted molar refractivity (Wildman–Crippen MR) is 109 cm³/mol. The maximum absolute atomic E-state index is 12.8. The topological polar surface area (TPSA) is 119 Å². The van der Waals surface area contributed by atoms with Crippen molar-refractivity contribution in [2.45, 2.75) is 20.8 Å². The molecule has 154 valence electrons. The standard InChI is InChI=1S/C19H21N3O6S/c1-5-21(6-2)18(24)15-11(3)14(19(25)28-4)17(29-15)20-16(23)12-7-9-13(10-8-12)22(26)27/h7-10H,5-6H2,1-4H3,(H,20,23). The highest BCUT2D eigenvalue weighted by molar-refractivity contribution is 7.18. The lowest BCUT2D eigenvalue weighted by molar-refractivity contribution is -0.384. The molecule has 10 heteroatoms. The fraction of sp³-hybridized carbons (Fsp3) is 0.316. The highest BCUT2D eigenvalue weighted by Gasteiger charge is 2.28. The van der Waals surface area contributed by atoms with E-state index in [2.05, 4.69) is 5.32 Å². The van der Waals surface area contributed by atoms with Crippen LogP contribution in [0, 0.1) is 17.0 Å². The van der Waals surface area contributed by atoms with Gasteiger partial charge in [-0.05, 0) is 38.5 Å². The van der Waals surface area contributed by atoms with Gasteiger partial charge in [-0.2, -0.15) is 0 Å². The van der Waals surface area contributed by atoms with Crippen LogP contribution >= 0.6 is 11.3 Å². The fourth-order valence-corrected chi connectivity index (χ4v) is 3.88. The number of esters is 1. The molecule has 1 aromatic carbocycles. The average molecular weight is 419 g/mol. The van der Waals surface area contributed by atoms with E-state index in [-0.39, 0.29) is 27.7 Å². The molecule has 0 atom stereocenters. The number of thiophene rings is 1. The van der Waals surface area contributed by atoms with Crippen molar-refractivity contribution in [2.24, 2.45) is 0 Å². The molecule has 0 fully saturated rings. The molecule has 1 heterocycles. The Labute approximate surface area is 171 Å². The highest BCUT2D eigenvalue weighted by Crippen LogP contribution is 2.35. The number of rotatable bonds is 7. The summed E-state index contributed by atoms with van der Waals surface area (Å²) in [5.74, 6) is -1.47. The molecule has 29 heavy (non-hydrogen) atoms. The van der Waals surface area contributed by atoms with Crippen molar-refractivity contribution in [3.63, 3.8) is 0 Å². The zero-order valence-electron chi connectivity index (χ0n) is 16.5. The summed E-state index contributed by atoms with van der Waals surface area (Å²) in [5.41, 5.74) is 0.575. The van der Waals surface area contributed by atoms with Crippen LogP contribution in [0.2, 0.25) is 0 Å². The van der Waals surface area contributed by atoms with Crippen molar-refractivity contribution < 1.29 is 24.0 Å². The fourth-order valence-electron chi connectivity index (χ4n) is 2.72. The minimum Gasteiger partial charge on any atom is -0.465 e. The van der Waals surface area contributed by atoms with Gasteiger partial charge in [-0.25, -0.2) is 4.79 Å². The SMILES string of the molecule is CCN(CC)C(=O)c1sc(NC(=O)c2ccc([N+](=O)[O-])cc2)c(C(=O)OC)c1C. The second-order valence-electron chi connectivity index (χ2n) is 5.99. The van der Waals surface area contributed by atoms with E-state index in [0.29, 0.717) is 23.5 Å². The summed E-state index contributed by atoms with van der Waals surface area (Å²) >= 11 is 0.996. The van der Waals surface area contributed by atoms with Gasteiger partial charge in [0.05, 0.1) is 22.5 Å². The van der Waals surface area contributed by atoms with Crippen molar-refractivity contribution in [1.29, 1.82) is 0 Å². The number of carbonyl (C=O) groups excluding carboxylic acids is 3. The molecule has 1 N–H and O–H groups in total. The first-order valence-electron chi connectivity index (χ1n) is 8.81. The number of nitro benzene ring substituents is 1. The molecule has 2 rings (SSSR count). The first-order valence-corrected chi connectivity index (χ1v) is 9.63. The van der Waals surface area contributed by atoms with Crippen LogP contribution < -0.4 is 5.32 Å². The molecule has 0 aliphatic rings. The first kappa shape index (κ1) is 22.0. The van der Waals surface area contributed by atoms with Gasteiger partial charge in [0.1, 0.15) is 5.00 Å². The van der Waals surface area contributed by atoms with Crippen LogP contribution in [0.25, 0.3) is 0 Å². The van der Waals surface area contributed by atoms with E-state index < -0.39 is 16.8 Å². The van der Waals surface area contributed by atoms with E-state index in [1.165, 1.54) is 31.4 Å². The van der Waals surface area contributed by atoms with Gasteiger partial charge in [0, 0.05) is 30.8 Å². The summed E-state index contributed by atoms with van der Waals surface area (Å²) in [5, 5.41) is 13.6. The van der Waals surface area contributed by atoms with E-state index >= 15 is 0 Å². The highest BCUT2D eigenvalue weighted by atomic mass is 32.1. The quantitative estimate of drug-likeness (QED) is 0.417. The second kappa shape index (κ2) is 9.28. The monoisotopic (exact) mass is 419 g/mol. The Morgan fingerprint density at radius 1 is 1.17 bits per heavy atom. The molecular weight excluding hydrogens is 398 g/mol. The van der Waals surface area contributed by atoms with E-state index in [4.69, 9.17) is 4.74 Å². The summed E-state index contributed by atoms with van der Waals surface area (Å²) in [6.45, 7) is 6.34. The lowest BCUT2D eigenvalue weighted by atomic mass is 10.1. The number of carbonyl (C=O) groups is 3. The Kier molecular flexibility index (Phi) is 7.05. The number of non-ortho nitro benzene ring substituents is 1. The van der Waals surface area contributed by atoms with Gasteiger partial charge in [-0.15, -0.1) is 11.3 Å². The minimum atomic E-state index is -0.670. The molecule has 0 radical (unpaired) electrons. The number of ether oxygens (including phenoxy) is 1. The molecule has 9 nitrogen and oxygen atoms in total. The molecule has 0 aliphatic carbocycles. The molecule has 0 unspecified atom stereocenters. The number of nitrogens with one attached hydrogen (secondary N) is 1. The zero-order valence-corrected chi connectivity index (χ0v) is 17.3. The van der Waals surface area contributed by atoms with E-state index in [0.717, 1.165) is 11.3 Å². The van der Waals surface area contributed by atoms with Crippen molar-refractivity contribution >= 4 is 39.8 Å². The van der Waals surface area contributed by atoms with Crippen molar-refractivity contribution in [1.82, 2.24) is 4.90 Å². The van der Waals surface area contributed by atoms with Gasteiger partial charge in [-0.3, -0.25) is 19.7 Å². The second-order valence-corrected chi connectivity index (χ2v) is 7.01. The van der Waals surface area contributed by atoms with E-state index in [1.807, 2.05) is 13.8 Å². The molecule has 0 spiro atoms. The van der Waals surface area contributed by atoms with Crippen LogP contribution in [-0.2, 0) is 4.74 Å². The molecule has 0 aliphatic heterocycles. The zero-order chi connectivity index (χ0) is 21.7. The minimum absolute atomic E-state index is 0.114. The maximum Gasteiger partial charge on any atom is 0.341 e. The smallest absolute Gasteiger partial charge is 0.341 e. The van der Waals surface area contributed by atoms with Gasteiger partial charge in [0.15, 0.2) is 0 Å². The maximum atomic E-state index is 12.8. The molecule has 0 bridgehead atoms. The van der Waals surface area contributed by atoms with Crippen LogP contribution in [0.3, 0.4) is 0 Å². The molecule has 0 saturated heterocycles. The average Bonchev–Trinajstić information content (AvgIpc) is 3.03. The Morgan fingerprint density at radius 3 is 2.24 bits per heavy atom. The van der Waals surface area contributed by atoms with Gasteiger partial charge in [0.25, 0.3) is 17.5 Å². The van der Waals surface area contributed by atoms with Gasteiger partial charge in [0.2, 0.25) is 0 Å². The first-order chi connectivity index (χ1) is 13.7. The summed E-state index contributed by atoms with van der Waals surface area (Å²) < 4.78 is 4.81. The van der Waals surface area contributed by atoms with E-state index in [1.54, 1.807) is 11.8 Å². The van der Waals surface area contributed by atoms with Crippen LogP contribution in [0.5, 0.6) is 0 Å². The normalized spacial score (nSPS) is 10.3. The Morgan fingerprint density at radius 2 is 1.76 bits per heavy atom. The molecule has 2 aromatic rings. The third-order valence-corrected chi connectivity index (χ3v) is 5.54. The molecule has 1 aromatic heterocycles. The lowest BCUT2D eigenvalue weighted by Gasteiger charge is -2.17. The molecule has 0 saturated carbocycles. The Balaban J connectivity index is 2.41. The van der Waals surface area contributed by atoms with Crippen LogP contribution in [0.4, 0.5) is 10.7 Å². The summed E-state index contributed by atoms with van der Waals surface area (Å²) in [7, 11) is 1.22. The Bertz CT molecular complexity index is 948. The van der Waals surface area contributed by atoms with Gasteiger partial charge >= 0.3 is 5.97 Å². The number of hydrogen-bond acceptors (Lipinski definition) is 7. The Hall–Kier alpha value is -3.27. The summed E-state index contributed by atoms with van der Waals surface area (Å²) in [6, 6.07) is 5.05. The van der Waals surface area contributed by atoms with E-state index in [9.17, 15) is 24.5 Å². The third-order valence-electron chi connectivity index (χ3n) is 4.35. The van der Waals surface area contributed by atoms with Gasteiger partial charge < -0.3 is 15.0 Å². The number of anilines is 1. The lowest BCUT2D eigenvalue weighted by Crippen LogP contribution is -2.30.